The minimum Gasteiger partial charge on any atom is -0.336 e. The van der Waals surface area contributed by atoms with Crippen LogP contribution in [0.4, 0.5) is 8.78 Å². The summed E-state index contributed by atoms with van der Waals surface area (Å²) in [6, 6.07) is 11.3. The number of carbonyl (C=O) groups excluding carboxylic acids is 1. The molecule has 1 atom stereocenters. The van der Waals surface area contributed by atoms with Crippen molar-refractivity contribution in [2.75, 3.05) is 5.75 Å². The molecule has 1 unspecified atom stereocenters. The number of amides is 1. The van der Waals surface area contributed by atoms with Gasteiger partial charge in [0.05, 0.1) is 11.8 Å². The van der Waals surface area contributed by atoms with Gasteiger partial charge in [0.15, 0.2) is 11.0 Å². The van der Waals surface area contributed by atoms with Crippen LogP contribution in [-0.4, -0.2) is 26.4 Å². The third-order valence-corrected chi connectivity index (χ3v) is 5.43. The molecule has 0 aliphatic rings. The van der Waals surface area contributed by atoms with Crippen LogP contribution in [0.25, 0.3) is 11.4 Å². The van der Waals surface area contributed by atoms with Gasteiger partial charge in [0.25, 0.3) is 0 Å². The third kappa shape index (κ3) is 4.66. The molecule has 0 bridgehead atoms. The lowest BCUT2D eigenvalue weighted by molar-refractivity contribution is -0.118. The number of aromatic nitrogens is 3. The number of thioether (sulfide) groups is 1. The molecule has 1 aromatic heterocycles. The Labute approximate surface area is 176 Å². The molecule has 0 aliphatic heterocycles. The van der Waals surface area contributed by atoms with Gasteiger partial charge < -0.3 is 9.88 Å². The van der Waals surface area contributed by atoms with Gasteiger partial charge in [-0.2, -0.15) is 5.26 Å². The zero-order valence-corrected chi connectivity index (χ0v) is 17.2. The summed E-state index contributed by atoms with van der Waals surface area (Å²) in [5, 5.41) is 20.8. The van der Waals surface area contributed by atoms with Crippen molar-refractivity contribution in [3.63, 3.8) is 0 Å². The molecule has 0 saturated heterocycles. The minimum atomic E-state index is -1.22. The smallest absolute Gasteiger partial charge is 0.231 e. The van der Waals surface area contributed by atoms with E-state index in [1.807, 2.05) is 48.7 Å². The number of nitrogens with one attached hydrogen (secondary N) is 1. The Balaban J connectivity index is 1.70. The topological polar surface area (TPSA) is 83.6 Å². The molecule has 0 spiro atoms. The first-order valence-electron chi connectivity index (χ1n) is 9.20. The molecular formula is C21H19F2N5OS. The lowest BCUT2D eigenvalue weighted by atomic mass is 10.1. The Hall–Kier alpha value is -3.25. The normalized spacial score (nSPS) is 11.7. The fourth-order valence-corrected chi connectivity index (χ4v) is 3.76. The highest BCUT2D eigenvalue weighted by Gasteiger charge is 2.20. The van der Waals surface area contributed by atoms with Crippen LogP contribution in [0.2, 0.25) is 0 Å². The van der Waals surface area contributed by atoms with Gasteiger partial charge >= 0.3 is 0 Å². The second-order valence-corrected chi connectivity index (χ2v) is 7.39. The molecule has 0 radical (unpaired) electrons. The second-order valence-electron chi connectivity index (χ2n) is 6.45. The molecule has 1 N–H and O–H groups in total. The summed E-state index contributed by atoms with van der Waals surface area (Å²) in [5.74, 6) is -1.44. The van der Waals surface area contributed by atoms with Crippen molar-refractivity contribution >= 4 is 17.7 Å². The number of nitriles is 1. The van der Waals surface area contributed by atoms with Gasteiger partial charge in [-0.3, -0.25) is 4.79 Å². The summed E-state index contributed by atoms with van der Waals surface area (Å²) >= 11 is 1.17. The average molecular weight is 427 g/mol. The lowest BCUT2D eigenvalue weighted by Gasteiger charge is -2.13. The van der Waals surface area contributed by atoms with Crippen molar-refractivity contribution < 1.29 is 13.6 Å². The molecule has 0 fully saturated rings. The molecule has 1 heterocycles. The number of halogens is 2. The number of hydrogen-bond acceptors (Lipinski definition) is 5. The van der Waals surface area contributed by atoms with E-state index in [0.717, 1.165) is 23.3 Å². The largest absolute Gasteiger partial charge is 0.336 e. The molecular weight excluding hydrogens is 408 g/mol. The summed E-state index contributed by atoms with van der Waals surface area (Å²) in [6.45, 7) is 4.56. The summed E-state index contributed by atoms with van der Waals surface area (Å²) < 4.78 is 28.9. The number of aryl methyl sites for hydroxylation is 1. The summed E-state index contributed by atoms with van der Waals surface area (Å²) in [7, 11) is 0. The first kappa shape index (κ1) is 21.5. The highest BCUT2D eigenvalue weighted by Crippen LogP contribution is 2.26. The van der Waals surface area contributed by atoms with Crippen LogP contribution in [0, 0.1) is 29.9 Å². The van der Waals surface area contributed by atoms with E-state index in [0.29, 0.717) is 23.6 Å². The molecule has 2 aromatic carbocycles. The summed E-state index contributed by atoms with van der Waals surface area (Å²) in [4.78, 5) is 12.3. The average Bonchev–Trinajstić information content (AvgIpc) is 3.14. The summed E-state index contributed by atoms with van der Waals surface area (Å²) in [6.07, 6.45) is 0. The maximum absolute atomic E-state index is 13.9. The van der Waals surface area contributed by atoms with Crippen molar-refractivity contribution in [3.8, 4) is 17.5 Å². The van der Waals surface area contributed by atoms with E-state index in [1.165, 1.54) is 11.8 Å². The number of carbonyl (C=O) groups is 1. The van der Waals surface area contributed by atoms with E-state index in [-0.39, 0.29) is 11.3 Å². The molecule has 1 amide bonds. The standard InChI is InChI=1S/C21H19F2N5OS/c1-3-28-20(15-7-5-4-6-13(15)2)26-27-21(28)30-12-19(29)25-18(11-24)16-9-8-14(22)10-17(16)23/h4-10,18H,3,12H2,1-2H3,(H,25,29). The molecule has 9 heteroatoms. The van der Waals surface area contributed by atoms with E-state index in [9.17, 15) is 18.8 Å². The van der Waals surface area contributed by atoms with E-state index >= 15 is 0 Å². The highest BCUT2D eigenvalue weighted by molar-refractivity contribution is 7.99. The zero-order chi connectivity index (χ0) is 21.7. The molecule has 0 saturated carbocycles. The Kier molecular flexibility index (Phi) is 6.79. The van der Waals surface area contributed by atoms with Crippen molar-refractivity contribution in [2.45, 2.75) is 31.6 Å². The predicted octanol–water partition coefficient (Wildman–Crippen LogP) is 4.02. The lowest BCUT2D eigenvalue weighted by Crippen LogP contribution is -2.29. The van der Waals surface area contributed by atoms with Crippen LogP contribution < -0.4 is 5.32 Å². The maximum Gasteiger partial charge on any atom is 0.231 e. The Morgan fingerprint density at radius 3 is 2.70 bits per heavy atom. The molecule has 3 aromatic rings. The van der Waals surface area contributed by atoms with Gasteiger partial charge in [-0.25, -0.2) is 8.78 Å². The van der Waals surface area contributed by atoms with Crippen LogP contribution in [0.15, 0.2) is 47.6 Å². The monoisotopic (exact) mass is 427 g/mol. The molecule has 6 nitrogen and oxygen atoms in total. The van der Waals surface area contributed by atoms with Crippen LogP contribution in [0.1, 0.15) is 24.1 Å². The Bertz CT molecular complexity index is 1110. The highest BCUT2D eigenvalue weighted by atomic mass is 32.2. The predicted molar refractivity (Wildman–Crippen MR) is 109 cm³/mol. The van der Waals surface area contributed by atoms with Crippen LogP contribution in [0.3, 0.4) is 0 Å². The molecule has 30 heavy (non-hydrogen) atoms. The molecule has 0 aliphatic carbocycles. The van der Waals surface area contributed by atoms with Gasteiger partial charge in [-0.1, -0.05) is 42.1 Å². The fraction of sp³-hybridized carbons (Fsp3) is 0.238. The first-order chi connectivity index (χ1) is 14.4. The van der Waals surface area contributed by atoms with Crippen LogP contribution in [-0.2, 0) is 11.3 Å². The van der Waals surface area contributed by atoms with Gasteiger partial charge in [-0.05, 0) is 25.5 Å². The molecule has 3 rings (SSSR count). The SMILES string of the molecule is CCn1c(SCC(=O)NC(C#N)c2ccc(F)cc2F)nnc1-c1ccccc1C. The van der Waals surface area contributed by atoms with Gasteiger partial charge in [-0.15, -0.1) is 10.2 Å². The van der Waals surface area contributed by atoms with E-state index < -0.39 is 23.6 Å². The number of benzene rings is 2. The number of hydrogen-bond donors (Lipinski definition) is 1. The van der Waals surface area contributed by atoms with Crippen molar-refractivity contribution in [1.82, 2.24) is 20.1 Å². The first-order valence-corrected chi connectivity index (χ1v) is 10.2. The van der Waals surface area contributed by atoms with E-state index in [1.54, 1.807) is 0 Å². The molecule has 154 valence electrons. The van der Waals surface area contributed by atoms with Crippen molar-refractivity contribution in [1.29, 1.82) is 5.26 Å². The van der Waals surface area contributed by atoms with Gasteiger partial charge in [0.2, 0.25) is 5.91 Å². The Morgan fingerprint density at radius 1 is 1.27 bits per heavy atom. The Morgan fingerprint density at radius 2 is 2.03 bits per heavy atom. The fourth-order valence-electron chi connectivity index (χ4n) is 2.95. The summed E-state index contributed by atoms with van der Waals surface area (Å²) in [5.41, 5.74) is 1.93. The quantitative estimate of drug-likeness (QED) is 0.576. The second kappa shape index (κ2) is 9.50. The van der Waals surface area contributed by atoms with E-state index in [4.69, 9.17) is 0 Å². The number of nitrogens with zero attached hydrogens (tertiary/aromatic N) is 4. The van der Waals surface area contributed by atoms with Crippen LogP contribution in [0.5, 0.6) is 0 Å². The van der Waals surface area contributed by atoms with Crippen molar-refractivity contribution in [2.24, 2.45) is 0 Å². The zero-order valence-electron chi connectivity index (χ0n) is 16.4. The van der Waals surface area contributed by atoms with Crippen molar-refractivity contribution in [3.05, 3.63) is 65.2 Å². The van der Waals surface area contributed by atoms with Gasteiger partial charge in [0.1, 0.15) is 17.7 Å². The van der Waals surface area contributed by atoms with E-state index in [2.05, 4.69) is 15.5 Å². The number of rotatable bonds is 7. The maximum atomic E-state index is 13.9. The third-order valence-electron chi connectivity index (χ3n) is 4.46. The van der Waals surface area contributed by atoms with Crippen LogP contribution >= 0.6 is 11.8 Å². The van der Waals surface area contributed by atoms with Gasteiger partial charge in [0, 0.05) is 23.7 Å². The minimum absolute atomic E-state index is 0.0348.